The maximum Gasteiger partial charge on any atom is 0.436 e. The molecule has 8 nitrogen and oxygen atoms in total. The van der Waals surface area contributed by atoms with Gasteiger partial charge in [0.15, 0.2) is 5.69 Å². The van der Waals surface area contributed by atoms with Crippen LogP contribution in [0.1, 0.15) is 48.3 Å². The summed E-state index contributed by atoms with van der Waals surface area (Å²) in [5.41, 5.74) is 1.59. The highest BCUT2D eigenvalue weighted by molar-refractivity contribution is 6.32. The normalized spacial score (nSPS) is 14.3. The second kappa shape index (κ2) is 8.03. The van der Waals surface area contributed by atoms with E-state index in [4.69, 9.17) is 11.6 Å². The number of hydrogen-bond donors (Lipinski definition) is 1. The fraction of sp³-hybridized carbons (Fsp3) is 0.474. The summed E-state index contributed by atoms with van der Waals surface area (Å²) in [5.74, 6) is -0.608. The molecule has 1 saturated carbocycles. The van der Waals surface area contributed by atoms with Crippen LogP contribution in [0.5, 0.6) is 0 Å². The lowest BCUT2D eigenvalue weighted by Crippen LogP contribution is -2.21. The van der Waals surface area contributed by atoms with Crippen molar-refractivity contribution in [2.75, 3.05) is 5.32 Å². The average molecular weight is 456 g/mol. The van der Waals surface area contributed by atoms with Crippen LogP contribution in [-0.2, 0) is 30.6 Å². The highest BCUT2D eigenvalue weighted by Crippen LogP contribution is 2.46. The van der Waals surface area contributed by atoms with E-state index in [-0.39, 0.29) is 18.2 Å². The van der Waals surface area contributed by atoms with E-state index in [1.165, 1.54) is 6.20 Å². The summed E-state index contributed by atoms with van der Waals surface area (Å²) in [7, 11) is 0. The molecule has 1 fully saturated rings. The van der Waals surface area contributed by atoms with E-state index in [1.54, 1.807) is 17.1 Å². The molecule has 0 bridgehead atoms. The van der Waals surface area contributed by atoms with Crippen LogP contribution in [0.25, 0.3) is 0 Å². The van der Waals surface area contributed by atoms with Crippen molar-refractivity contribution in [3.05, 3.63) is 46.3 Å². The monoisotopic (exact) mass is 455 g/mol. The number of hydrogen-bond acceptors (Lipinski definition) is 4. The van der Waals surface area contributed by atoms with Crippen molar-refractivity contribution >= 4 is 23.2 Å². The number of alkyl halides is 3. The van der Waals surface area contributed by atoms with Crippen molar-refractivity contribution in [3.63, 3.8) is 0 Å². The van der Waals surface area contributed by atoms with Crippen molar-refractivity contribution in [1.29, 1.82) is 0 Å². The van der Waals surface area contributed by atoms with Crippen molar-refractivity contribution in [1.82, 2.24) is 29.3 Å². The number of aryl methyl sites for hydroxylation is 1. The van der Waals surface area contributed by atoms with Gasteiger partial charge >= 0.3 is 6.18 Å². The minimum Gasteiger partial charge on any atom is -0.322 e. The van der Waals surface area contributed by atoms with Crippen LogP contribution < -0.4 is 5.32 Å². The van der Waals surface area contributed by atoms with E-state index in [0.29, 0.717) is 12.2 Å². The first kappa shape index (κ1) is 21.4. The van der Waals surface area contributed by atoms with E-state index in [0.717, 1.165) is 35.3 Å². The second-order valence-corrected chi connectivity index (χ2v) is 7.90. The Morgan fingerprint density at radius 2 is 2.00 bits per heavy atom. The largest absolute Gasteiger partial charge is 0.436 e. The number of aromatic nitrogens is 6. The number of nitrogens with zero attached hydrogens (tertiary/aromatic N) is 6. The van der Waals surface area contributed by atoms with E-state index in [9.17, 15) is 18.0 Å². The molecule has 3 heterocycles. The molecule has 166 valence electrons. The minimum atomic E-state index is -4.67. The third-order valence-corrected chi connectivity index (χ3v) is 5.58. The third kappa shape index (κ3) is 4.46. The number of halogens is 4. The zero-order chi connectivity index (χ0) is 22.3. The summed E-state index contributed by atoms with van der Waals surface area (Å²) in [4.78, 5) is 12.5. The first-order chi connectivity index (χ1) is 14.7. The van der Waals surface area contributed by atoms with Crippen molar-refractivity contribution < 1.29 is 18.0 Å². The molecule has 0 radical (unpaired) electrons. The second-order valence-electron chi connectivity index (χ2n) is 7.52. The molecule has 1 aliphatic carbocycles. The lowest BCUT2D eigenvalue weighted by Gasteiger charge is -2.07. The SMILES string of the molecule is CCn1ncc(Cn2cc(NC(=O)Cn3nc(C(F)(F)F)c(Cl)c3C3CC3)cn2)c1C. The molecular formula is C19H21ClF3N7O. The Bertz CT molecular complexity index is 1110. The number of nitrogens with one attached hydrogen (secondary N) is 1. The van der Waals surface area contributed by atoms with Gasteiger partial charge in [-0.1, -0.05) is 11.6 Å². The van der Waals surface area contributed by atoms with Gasteiger partial charge in [-0.05, 0) is 26.7 Å². The Morgan fingerprint density at radius 1 is 1.26 bits per heavy atom. The maximum atomic E-state index is 13.2. The predicted octanol–water partition coefficient (Wildman–Crippen LogP) is 3.84. The highest BCUT2D eigenvalue weighted by atomic mass is 35.5. The summed E-state index contributed by atoms with van der Waals surface area (Å²) in [5, 5.41) is 14.3. The minimum absolute atomic E-state index is 0.0982. The van der Waals surface area contributed by atoms with Crippen LogP contribution in [0.4, 0.5) is 18.9 Å². The molecule has 0 saturated heterocycles. The first-order valence-corrected chi connectivity index (χ1v) is 10.2. The van der Waals surface area contributed by atoms with Gasteiger partial charge in [0.25, 0.3) is 0 Å². The van der Waals surface area contributed by atoms with Gasteiger partial charge in [0, 0.05) is 29.9 Å². The Morgan fingerprint density at radius 3 is 2.61 bits per heavy atom. The summed E-state index contributed by atoms with van der Waals surface area (Å²) in [6.45, 7) is 4.86. The number of carbonyl (C=O) groups is 1. The average Bonchev–Trinajstić information content (AvgIpc) is 3.19. The van der Waals surface area contributed by atoms with Gasteiger partial charge in [0.2, 0.25) is 5.91 Å². The Labute approximate surface area is 181 Å². The molecule has 0 spiro atoms. The van der Waals surface area contributed by atoms with Crippen LogP contribution in [0.15, 0.2) is 18.6 Å². The summed E-state index contributed by atoms with van der Waals surface area (Å²) in [6.07, 6.45) is 1.69. The zero-order valence-corrected chi connectivity index (χ0v) is 17.7. The van der Waals surface area contributed by atoms with E-state index in [2.05, 4.69) is 20.6 Å². The zero-order valence-electron chi connectivity index (χ0n) is 16.9. The topological polar surface area (TPSA) is 82.6 Å². The molecule has 0 aliphatic heterocycles. The summed E-state index contributed by atoms with van der Waals surface area (Å²) in [6, 6.07) is 0. The van der Waals surface area contributed by atoms with Crippen LogP contribution >= 0.6 is 11.6 Å². The Balaban J connectivity index is 1.45. The fourth-order valence-corrected chi connectivity index (χ4v) is 3.88. The van der Waals surface area contributed by atoms with Crippen LogP contribution in [0.3, 0.4) is 0 Å². The van der Waals surface area contributed by atoms with Gasteiger partial charge in [-0.15, -0.1) is 0 Å². The van der Waals surface area contributed by atoms with Gasteiger partial charge in [0.1, 0.15) is 6.54 Å². The third-order valence-electron chi connectivity index (χ3n) is 5.21. The van der Waals surface area contributed by atoms with Crippen LogP contribution in [0, 0.1) is 6.92 Å². The number of anilines is 1. The van der Waals surface area contributed by atoms with Crippen molar-refractivity contribution in [2.45, 2.75) is 58.4 Å². The van der Waals surface area contributed by atoms with Gasteiger partial charge < -0.3 is 5.32 Å². The number of amides is 1. The van der Waals surface area contributed by atoms with Crippen molar-refractivity contribution in [2.24, 2.45) is 0 Å². The molecule has 0 unspecified atom stereocenters. The van der Waals surface area contributed by atoms with E-state index < -0.39 is 22.8 Å². The fourth-order valence-electron chi connectivity index (χ4n) is 3.49. The van der Waals surface area contributed by atoms with Gasteiger partial charge in [0.05, 0.1) is 35.3 Å². The quantitative estimate of drug-likeness (QED) is 0.586. The van der Waals surface area contributed by atoms with Crippen molar-refractivity contribution in [3.8, 4) is 0 Å². The van der Waals surface area contributed by atoms with Crippen LogP contribution in [0.2, 0.25) is 5.02 Å². The molecular weight excluding hydrogens is 435 g/mol. The molecule has 4 rings (SSSR count). The Hall–Kier alpha value is -2.82. The molecule has 3 aromatic rings. The number of rotatable bonds is 7. The van der Waals surface area contributed by atoms with Gasteiger partial charge in [-0.2, -0.15) is 28.5 Å². The van der Waals surface area contributed by atoms with Gasteiger partial charge in [-0.3, -0.25) is 18.8 Å². The van der Waals surface area contributed by atoms with Gasteiger partial charge in [-0.25, -0.2) is 0 Å². The lowest BCUT2D eigenvalue weighted by atomic mass is 10.2. The lowest BCUT2D eigenvalue weighted by molar-refractivity contribution is -0.141. The first-order valence-electron chi connectivity index (χ1n) is 9.84. The Kier molecular flexibility index (Phi) is 5.54. The summed E-state index contributed by atoms with van der Waals surface area (Å²) >= 11 is 5.94. The molecule has 0 aromatic carbocycles. The summed E-state index contributed by atoms with van der Waals surface area (Å²) < 4.78 is 44.1. The standard InChI is InChI=1S/C19H21ClF3N7O/c1-3-29-11(2)13(6-25-29)8-28-9-14(7-24-28)26-15(31)10-30-17(12-4-5-12)16(20)18(27-30)19(21,22)23/h6-7,9,12H,3-5,8,10H2,1-2H3,(H,26,31). The molecule has 3 aromatic heterocycles. The molecule has 1 amide bonds. The predicted molar refractivity (Wildman–Crippen MR) is 107 cm³/mol. The molecule has 1 N–H and O–H groups in total. The highest BCUT2D eigenvalue weighted by Gasteiger charge is 2.42. The van der Waals surface area contributed by atoms with E-state index in [1.807, 2.05) is 18.5 Å². The maximum absolute atomic E-state index is 13.2. The molecule has 0 atom stereocenters. The van der Waals surface area contributed by atoms with E-state index >= 15 is 0 Å². The molecule has 31 heavy (non-hydrogen) atoms. The van der Waals surface area contributed by atoms with Crippen LogP contribution in [-0.4, -0.2) is 35.2 Å². The smallest absolute Gasteiger partial charge is 0.322 e. The molecule has 1 aliphatic rings. The number of carbonyl (C=O) groups excluding carboxylic acids is 1. The molecule has 12 heteroatoms.